The van der Waals surface area contributed by atoms with E-state index in [1.807, 2.05) is 30.3 Å². The minimum absolute atomic E-state index is 0.00177. The SMILES string of the molecule is C=CC(=O)N1CCC2(CC1)CC(n1ncc(-c3cc(O[C@H](CO)c4ccc(F)cn4)c4c(C#N)cnn4c3)c1C)C2. The smallest absolute Gasteiger partial charge is 0.245 e. The van der Waals surface area contributed by atoms with Gasteiger partial charge < -0.3 is 14.7 Å². The molecule has 1 saturated carbocycles. The number of likely N-dealkylation sites (tertiary alicyclic amines) is 1. The topological polar surface area (TPSA) is 122 Å². The van der Waals surface area contributed by atoms with Gasteiger partial charge in [0.25, 0.3) is 0 Å². The predicted molar refractivity (Wildman–Crippen MR) is 147 cm³/mol. The number of aromatic nitrogens is 5. The van der Waals surface area contributed by atoms with Gasteiger partial charge in [-0.3, -0.25) is 14.5 Å². The summed E-state index contributed by atoms with van der Waals surface area (Å²) in [7, 11) is 0. The number of aliphatic hydroxyl groups is 1. The van der Waals surface area contributed by atoms with Crippen molar-refractivity contribution in [1.82, 2.24) is 29.3 Å². The highest BCUT2D eigenvalue weighted by molar-refractivity contribution is 5.87. The van der Waals surface area contributed by atoms with Crippen molar-refractivity contribution in [3.05, 3.63) is 78.4 Å². The molecule has 0 bridgehead atoms. The highest BCUT2D eigenvalue weighted by Gasteiger charge is 2.47. The summed E-state index contributed by atoms with van der Waals surface area (Å²) in [6.45, 7) is 6.77. The van der Waals surface area contributed by atoms with Crippen LogP contribution in [0.15, 0.2) is 55.6 Å². The summed E-state index contributed by atoms with van der Waals surface area (Å²) in [4.78, 5) is 17.9. The van der Waals surface area contributed by atoms with Gasteiger partial charge in [-0.05, 0) is 62.3 Å². The van der Waals surface area contributed by atoms with Gasteiger partial charge in [-0.25, -0.2) is 8.91 Å². The van der Waals surface area contributed by atoms with Crippen molar-refractivity contribution in [2.24, 2.45) is 5.41 Å². The third-order valence-electron chi connectivity index (χ3n) is 8.56. The number of pyridine rings is 2. The molecular formula is C30H30FN7O3. The monoisotopic (exact) mass is 555 g/mol. The average molecular weight is 556 g/mol. The van der Waals surface area contributed by atoms with Crippen LogP contribution < -0.4 is 4.74 Å². The summed E-state index contributed by atoms with van der Waals surface area (Å²) in [5, 5.41) is 28.8. The number of amides is 1. The van der Waals surface area contributed by atoms with E-state index >= 15 is 0 Å². The van der Waals surface area contributed by atoms with E-state index in [2.05, 4.69) is 27.4 Å². The van der Waals surface area contributed by atoms with Crippen molar-refractivity contribution in [2.75, 3.05) is 19.7 Å². The first-order valence-corrected chi connectivity index (χ1v) is 13.6. The van der Waals surface area contributed by atoms with Crippen LogP contribution in [0, 0.1) is 29.5 Å². The number of carbonyl (C=O) groups excluding carboxylic acids is 1. The van der Waals surface area contributed by atoms with Crippen LogP contribution in [0.3, 0.4) is 0 Å². The molecule has 1 amide bonds. The summed E-state index contributed by atoms with van der Waals surface area (Å²) in [6.07, 6.45) is 10.7. The van der Waals surface area contributed by atoms with Gasteiger partial charge in [0.15, 0.2) is 6.10 Å². The summed E-state index contributed by atoms with van der Waals surface area (Å²) in [5.41, 5.74) is 4.08. The van der Waals surface area contributed by atoms with Crippen LogP contribution in [-0.2, 0) is 4.79 Å². The maximum atomic E-state index is 13.4. The molecule has 4 aromatic rings. The van der Waals surface area contributed by atoms with E-state index in [9.17, 15) is 19.6 Å². The van der Waals surface area contributed by atoms with Crippen molar-refractivity contribution in [3.8, 4) is 22.9 Å². The van der Waals surface area contributed by atoms with Crippen LogP contribution in [0.5, 0.6) is 5.75 Å². The van der Waals surface area contributed by atoms with E-state index in [1.54, 1.807) is 4.52 Å². The Labute approximate surface area is 236 Å². The Bertz CT molecular complexity index is 1650. The Morgan fingerprint density at radius 1 is 1.29 bits per heavy atom. The standard InChI is InChI=1S/C30H30FN7O3/c1-3-28(40)36-8-6-30(7-9-36)11-23(12-30)38-19(2)24(16-35-38)20-10-26(29-21(13-32)14-34-37(29)17-20)41-27(18-39)25-5-4-22(31)15-33-25/h3-5,10,14-17,23,27,39H,1,6-9,11-12,18H2,2H3/t27-/m1/s1. The van der Waals surface area contributed by atoms with E-state index in [0.717, 1.165) is 61.8 Å². The minimum atomic E-state index is -0.876. The maximum absolute atomic E-state index is 13.4. The molecular weight excluding hydrogens is 525 g/mol. The van der Waals surface area contributed by atoms with Crippen molar-refractivity contribution in [1.29, 1.82) is 5.26 Å². The second-order valence-electron chi connectivity index (χ2n) is 10.9. The van der Waals surface area contributed by atoms with Crippen molar-refractivity contribution < 1.29 is 19.0 Å². The number of aliphatic hydroxyl groups excluding tert-OH is 1. The summed E-state index contributed by atoms with van der Waals surface area (Å²) in [6, 6.07) is 6.95. The van der Waals surface area contributed by atoms with E-state index in [-0.39, 0.29) is 17.4 Å². The molecule has 1 spiro atoms. The van der Waals surface area contributed by atoms with Crippen molar-refractivity contribution in [3.63, 3.8) is 0 Å². The van der Waals surface area contributed by atoms with Gasteiger partial charge in [-0.1, -0.05) is 6.58 Å². The average Bonchev–Trinajstić information content (AvgIpc) is 3.57. The fourth-order valence-electron chi connectivity index (χ4n) is 6.25. The molecule has 10 nitrogen and oxygen atoms in total. The van der Waals surface area contributed by atoms with E-state index in [0.29, 0.717) is 22.5 Å². The number of hydrogen-bond donors (Lipinski definition) is 1. The molecule has 0 radical (unpaired) electrons. The Balaban J connectivity index is 1.27. The molecule has 1 atom stereocenters. The number of nitriles is 1. The molecule has 1 saturated heterocycles. The number of rotatable bonds is 7. The van der Waals surface area contributed by atoms with Gasteiger partial charge in [-0.2, -0.15) is 15.5 Å². The largest absolute Gasteiger partial charge is 0.479 e. The molecule has 11 heteroatoms. The summed E-state index contributed by atoms with van der Waals surface area (Å²) in [5.74, 6) is -0.144. The molecule has 1 aliphatic heterocycles. The van der Waals surface area contributed by atoms with Gasteiger partial charge >= 0.3 is 0 Å². The van der Waals surface area contributed by atoms with Crippen LogP contribution in [0.2, 0.25) is 0 Å². The Hall–Kier alpha value is -4.56. The molecule has 4 aromatic heterocycles. The highest BCUT2D eigenvalue weighted by atomic mass is 19.1. The zero-order valence-corrected chi connectivity index (χ0v) is 22.7. The zero-order valence-electron chi connectivity index (χ0n) is 22.7. The summed E-state index contributed by atoms with van der Waals surface area (Å²) >= 11 is 0. The van der Waals surface area contributed by atoms with Gasteiger partial charge in [0.1, 0.15) is 28.7 Å². The van der Waals surface area contributed by atoms with Crippen molar-refractivity contribution in [2.45, 2.75) is 44.8 Å². The van der Waals surface area contributed by atoms with E-state index in [4.69, 9.17) is 9.84 Å². The fourth-order valence-corrected chi connectivity index (χ4v) is 6.25. The fraction of sp³-hybridized carbons (Fsp3) is 0.367. The lowest BCUT2D eigenvalue weighted by atomic mass is 9.60. The molecule has 0 unspecified atom stereocenters. The van der Waals surface area contributed by atoms with Gasteiger partial charge in [-0.15, -0.1) is 0 Å². The molecule has 0 aromatic carbocycles. The third-order valence-corrected chi connectivity index (χ3v) is 8.56. The lowest BCUT2D eigenvalue weighted by Gasteiger charge is -2.52. The first-order chi connectivity index (χ1) is 19.8. The minimum Gasteiger partial charge on any atom is -0.479 e. The lowest BCUT2D eigenvalue weighted by Crippen LogP contribution is -2.49. The number of piperidine rings is 1. The highest BCUT2D eigenvalue weighted by Crippen LogP contribution is 2.55. The van der Waals surface area contributed by atoms with Crippen LogP contribution in [0.25, 0.3) is 16.6 Å². The molecule has 1 aliphatic carbocycles. The molecule has 210 valence electrons. The maximum Gasteiger partial charge on any atom is 0.245 e. The quantitative estimate of drug-likeness (QED) is 0.340. The second-order valence-corrected chi connectivity index (χ2v) is 10.9. The number of fused-ring (bicyclic) bond motifs is 1. The molecule has 5 heterocycles. The first-order valence-electron chi connectivity index (χ1n) is 13.6. The second kappa shape index (κ2) is 10.4. The number of hydrogen-bond acceptors (Lipinski definition) is 7. The van der Waals surface area contributed by atoms with Crippen LogP contribution in [0.4, 0.5) is 4.39 Å². The van der Waals surface area contributed by atoms with E-state index < -0.39 is 18.5 Å². The van der Waals surface area contributed by atoms with Crippen LogP contribution in [-0.4, -0.2) is 60.0 Å². The summed E-state index contributed by atoms with van der Waals surface area (Å²) < 4.78 is 23.3. The Morgan fingerprint density at radius 2 is 2.07 bits per heavy atom. The van der Waals surface area contributed by atoms with E-state index in [1.165, 1.54) is 24.4 Å². The van der Waals surface area contributed by atoms with Gasteiger partial charge in [0, 0.05) is 36.1 Å². The Morgan fingerprint density at radius 3 is 2.73 bits per heavy atom. The van der Waals surface area contributed by atoms with Crippen LogP contribution >= 0.6 is 0 Å². The predicted octanol–water partition coefficient (Wildman–Crippen LogP) is 4.15. The van der Waals surface area contributed by atoms with Gasteiger partial charge in [0.2, 0.25) is 5.91 Å². The zero-order chi connectivity index (χ0) is 28.7. The molecule has 2 aliphatic rings. The number of nitrogens with zero attached hydrogens (tertiary/aromatic N) is 7. The number of halogens is 1. The lowest BCUT2D eigenvalue weighted by molar-refractivity contribution is -0.130. The van der Waals surface area contributed by atoms with Crippen LogP contribution in [0.1, 0.15) is 54.8 Å². The molecule has 2 fully saturated rings. The van der Waals surface area contributed by atoms with Gasteiger partial charge in [0.05, 0.1) is 36.9 Å². The number of ether oxygens (including phenoxy) is 1. The number of carbonyl (C=O) groups is 1. The first kappa shape index (κ1) is 26.7. The van der Waals surface area contributed by atoms with Crippen molar-refractivity contribution >= 4 is 11.4 Å². The molecule has 41 heavy (non-hydrogen) atoms. The Kier molecular flexibility index (Phi) is 6.79. The molecule has 1 N–H and O–H groups in total. The normalized spacial score (nSPS) is 17.3. The third kappa shape index (κ3) is 4.74. The molecule has 6 rings (SSSR count).